The van der Waals surface area contributed by atoms with Gasteiger partial charge in [-0.15, -0.1) is 4.68 Å². The minimum atomic E-state index is -0.856. The second-order valence-corrected chi connectivity index (χ2v) is 6.82. The van der Waals surface area contributed by atoms with Gasteiger partial charge in [0, 0.05) is 5.56 Å². The third-order valence-electron chi connectivity index (χ3n) is 4.85. The van der Waals surface area contributed by atoms with Gasteiger partial charge in [0.1, 0.15) is 5.75 Å². The fourth-order valence-electron chi connectivity index (χ4n) is 3.29. The van der Waals surface area contributed by atoms with E-state index in [0.717, 1.165) is 15.4 Å². The summed E-state index contributed by atoms with van der Waals surface area (Å²) in [6.07, 6.45) is 0.526. The maximum absolute atomic E-state index is 12.8. The first kappa shape index (κ1) is 20.1. The maximum atomic E-state index is 12.8. The van der Waals surface area contributed by atoms with E-state index in [9.17, 15) is 14.4 Å². The molecule has 0 fully saturated rings. The molecule has 8 nitrogen and oxygen atoms in total. The molecular formula is C23H19N3O5. The standard InChI is InChI=1S/C23H19N3O5/c1-14(22(28)30-2)31-20-12-11-15-7-3-4-8-16(15)18(20)13-24-26-21(27)17-9-5-6-10-19(17)25-23(26)29/h3-14H,1-2H3,(H,25,29)/t14-/m0/s1. The van der Waals surface area contributed by atoms with Crippen molar-refractivity contribution in [3.8, 4) is 5.75 Å². The van der Waals surface area contributed by atoms with Crippen LogP contribution in [-0.2, 0) is 9.53 Å². The van der Waals surface area contributed by atoms with Crippen molar-refractivity contribution in [3.05, 3.63) is 87.1 Å². The van der Waals surface area contributed by atoms with Crippen molar-refractivity contribution in [2.75, 3.05) is 7.11 Å². The van der Waals surface area contributed by atoms with E-state index in [4.69, 9.17) is 9.47 Å². The highest BCUT2D eigenvalue weighted by atomic mass is 16.6. The fraction of sp³-hybridized carbons (Fsp3) is 0.130. The van der Waals surface area contributed by atoms with Crippen LogP contribution in [0.1, 0.15) is 12.5 Å². The molecule has 1 heterocycles. The van der Waals surface area contributed by atoms with Crippen LogP contribution >= 0.6 is 0 Å². The lowest BCUT2D eigenvalue weighted by molar-refractivity contribution is -0.147. The van der Waals surface area contributed by atoms with Gasteiger partial charge in [0.15, 0.2) is 6.10 Å². The first-order chi connectivity index (χ1) is 15.0. The summed E-state index contributed by atoms with van der Waals surface area (Å²) in [6.45, 7) is 1.57. The quantitative estimate of drug-likeness (QED) is 0.397. The molecule has 0 saturated heterocycles. The number of aromatic nitrogens is 2. The second-order valence-electron chi connectivity index (χ2n) is 6.82. The number of hydrogen-bond donors (Lipinski definition) is 1. The molecule has 1 aromatic heterocycles. The van der Waals surface area contributed by atoms with E-state index in [0.29, 0.717) is 22.2 Å². The van der Waals surface area contributed by atoms with Crippen LogP contribution in [0.2, 0.25) is 0 Å². The van der Waals surface area contributed by atoms with Gasteiger partial charge in [-0.05, 0) is 35.9 Å². The van der Waals surface area contributed by atoms with Gasteiger partial charge in [-0.2, -0.15) is 5.10 Å². The molecule has 0 saturated carbocycles. The summed E-state index contributed by atoms with van der Waals surface area (Å²) in [4.78, 5) is 39.6. The van der Waals surface area contributed by atoms with Crippen LogP contribution in [0.3, 0.4) is 0 Å². The Labute approximate surface area is 176 Å². The zero-order valence-corrected chi connectivity index (χ0v) is 16.9. The van der Waals surface area contributed by atoms with E-state index in [1.54, 1.807) is 37.3 Å². The van der Waals surface area contributed by atoms with Gasteiger partial charge >= 0.3 is 11.7 Å². The molecule has 0 spiro atoms. The number of nitrogens with zero attached hydrogens (tertiary/aromatic N) is 2. The van der Waals surface area contributed by atoms with E-state index in [1.807, 2.05) is 30.3 Å². The number of carbonyl (C=O) groups is 1. The van der Waals surface area contributed by atoms with Crippen molar-refractivity contribution in [3.63, 3.8) is 0 Å². The average molecular weight is 417 g/mol. The van der Waals surface area contributed by atoms with E-state index in [2.05, 4.69) is 10.1 Å². The highest BCUT2D eigenvalue weighted by Crippen LogP contribution is 2.27. The van der Waals surface area contributed by atoms with Gasteiger partial charge in [0.05, 0.1) is 24.2 Å². The molecular weight excluding hydrogens is 398 g/mol. The number of methoxy groups -OCH3 is 1. The number of hydrogen-bond acceptors (Lipinski definition) is 6. The predicted molar refractivity (Wildman–Crippen MR) is 118 cm³/mol. The van der Waals surface area contributed by atoms with Gasteiger partial charge in [-0.1, -0.05) is 42.5 Å². The third kappa shape index (κ3) is 3.83. The van der Waals surface area contributed by atoms with Crippen LogP contribution in [0.5, 0.6) is 5.75 Å². The third-order valence-corrected chi connectivity index (χ3v) is 4.85. The number of rotatable bonds is 5. The van der Waals surface area contributed by atoms with Crippen molar-refractivity contribution < 1.29 is 14.3 Å². The fourth-order valence-corrected chi connectivity index (χ4v) is 3.29. The summed E-state index contributed by atoms with van der Waals surface area (Å²) in [5.41, 5.74) is -0.245. The Bertz CT molecular complexity index is 1430. The Hall–Kier alpha value is -4.20. The Kier molecular flexibility index (Phi) is 5.36. The van der Waals surface area contributed by atoms with Crippen molar-refractivity contribution in [1.29, 1.82) is 0 Å². The Morgan fingerprint density at radius 1 is 1.03 bits per heavy atom. The predicted octanol–water partition coefficient (Wildman–Crippen LogP) is 2.67. The second kappa shape index (κ2) is 8.27. The van der Waals surface area contributed by atoms with Crippen LogP contribution in [0.15, 0.2) is 75.4 Å². The molecule has 0 bridgehead atoms. The summed E-state index contributed by atoms with van der Waals surface area (Å²) in [7, 11) is 1.28. The Morgan fingerprint density at radius 3 is 2.52 bits per heavy atom. The zero-order valence-electron chi connectivity index (χ0n) is 16.9. The lowest BCUT2D eigenvalue weighted by Gasteiger charge is -2.15. The van der Waals surface area contributed by atoms with Crippen LogP contribution in [0, 0.1) is 0 Å². The number of fused-ring (bicyclic) bond motifs is 2. The van der Waals surface area contributed by atoms with E-state index in [-0.39, 0.29) is 0 Å². The maximum Gasteiger partial charge on any atom is 0.349 e. The average Bonchev–Trinajstić information content (AvgIpc) is 2.79. The SMILES string of the molecule is COC(=O)[C@H](C)Oc1ccc2ccccc2c1C=Nn1c(=O)[nH]c2ccccc2c1=O. The molecule has 1 N–H and O–H groups in total. The monoisotopic (exact) mass is 417 g/mol. The summed E-state index contributed by atoms with van der Waals surface area (Å²) < 4.78 is 11.3. The highest BCUT2D eigenvalue weighted by Gasteiger charge is 2.17. The molecule has 0 aliphatic carbocycles. The molecule has 1 atom stereocenters. The number of para-hydroxylation sites is 1. The smallest absolute Gasteiger partial charge is 0.349 e. The van der Waals surface area contributed by atoms with E-state index in [1.165, 1.54) is 13.3 Å². The minimum absolute atomic E-state index is 0.341. The first-order valence-corrected chi connectivity index (χ1v) is 9.54. The number of carbonyl (C=O) groups excluding carboxylic acids is 1. The lowest BCUT2D eigenvalue weighted by atomic mass is 10.0. The largest absolute Gasteiger partial charge is 0.478 e. The first-order valence-electron chi connectivity index (χ1n) is 9.54. The van der Waals surface area contributed by atoms with Gasteiger partial charge in [-0.25, -0.2) is 9.59 Å². The Morgan fingerprint density at radius 2 is 1.74 bits per heavy atom. The normalized spacial score (nSPS) is 12.3. The van der Waals surface area contributed by atoms with Crippen LogP contribution in [0.4, 0.5) is 0 Å². The van der Waals surface area contributed by atoms with E-state index < -0.39 is 23.3 Å². The van der Waals surface area contributed by atoms with Gasteiger partial charge < -0.3 is 14.5 Å². The Balaban J connectivity index is 1.86. The molecule has 0 aliphatic heterocycles. The molecule has 156 valence electrons. The summed E-state index contributed by atoms with van der Waals surface area (Å²) in [5.74, 6) is -0.163. The molecule has 31 heavy (non-hydrogen) atoms. The molecule has 3 aromatic carbocycles. The molecule has 4 aromatic rings. The zero-order chi connectivity index (χ0) is 22.0. The molecule has 0 radical (unpaired) electrons. The molecule has 0 unspecified atom stereocenters. The van der Waals surface area contributed by atoms with Gasteiger partial charge in [0.2, 0.25) is 0 Å². The molecule has 0 aliphatic rings. The van der Waals surface area contributed by atoms with E-state index >= 15 is 0 Å². The van der Waals surface area contributed by atoms with Gasteiger partial charge in [0.25, 0.3) is 5.56 Å². The molecule has 4 rings (SSSR count). The van der Waals surface area contributed by atoms with Crippen molar-refractivity contribution in [2.24, 2.45) is 5.10 Å². The number of H-pyrrole nitrogens is 1. The number of ether oxygens (including phenoxy) is 2. The van der Waals surface area contributed by atoms with Crippen LogP contribution in [0.25, 0.3) is 21.7 Å². The van der Waals surface area contributed by atoms with Gasteiger partial charge in [-0.3, -0.25) is 4.79 Å². The number of benzene rings is 3. The number of nitrogens with one attached hydrogen (secondary N) is 1. The van der Waals surface area contributed by atoms with Crippen LogP contribution in [-0.4, -0.2) is 35.1 Å². The summed E-state index contributed by atoms with van der Waals surface area (Å²) in [6, 6.07) is 17.8. The summed E-state index contributed by atoms with van der Waals surface area (Å²) >= 11 is 0. The minimum Gasteiger partial charge on any atom is -0.478 e. The van der Waals surface area contributed by atoms with Crippen molar-refractivity contribution in [2.45, 2.75) is 13.0 Å². The van der Waals surface area contributed by atoms with Crippen molar-refractivity contribution >= 4 is 33.9 Å². The number of aromatic amines is 1. The molecule has 0 amide bonds. The highest BCUT2D eigenvalue weighted by molar-refractivity contribution is 6.02. The molecule has 8 heteroatoms. The summed E-state index contributed by atoms with van der Waals surface area (Å²) in [5, 5.41) is 6.18. The van der Waals surface area contributed by atoms with Crippen molar-refractivity contribution in [1.82, 2.24) is 9.66 Å². The lowest BCUT2D eigenvalue weighted by Crippen LogP contribution is -2.32. The number of esters is 1. The van der Waals surface area contributed by atoms with Crippen LogP contribution < -0.4 is 16.0 Å². The topological polar surface area (TPSA) is 103 Å².